The Morgan fingerprint density at radius 1 is 1.20 bits per heavy atom. The van der Waals surface area contributed by atoms with Crippen molar-refractivity contribution < 1.29 is 8.42 Å². The standard InChI is InChI=1S/C16H32N4O2S2.HI/c1-3-16(6-4-5-7-16)14-19-15(17-2)18-8-13-24(21,22)20-9-11-23-12-10-20;/h3-14H2,1-2H3,(H2,17,18,19);1H. The van der Waals surface area contributed by atoms with Crippen LogP contribution in [-0.2, 0) is 10.0 Å². The number of hydrogen-bond acceptors (Lipinski definition) is 4. The first-order valence-corrected chi connectivity index (χ1v) is 11.8. The molecular weight excluding hydrogens is 471 g/mol. The number of rotatable bonds is 7. The van der Waals surface area contributed by atoms with Crippen LogP contribution in [0.2, 0.25) is 0 Å². The molecule has 9 heteroatoms. The third-order valence-corrected chi connectivity index (χ3v) is 8.10. The van der Waals surface area contributed by atoms with Gasteiger partial charge in [-0.05, 0) is 24.7 Å². The van der Waals surface area contributed by atoms with E-state index in [0.29, 0.717) is 31.0 Å². The molecule has 0 amide bonds. The van der Waals surface area contributed by atoms with Gasteiger partial charge in [0.05, 0.1) is 5.75 Å². The summed E-state index contributed by atoms with van der Waals surface area (Å²) >= 11 is 1.82. The number of sulfonamides is 1. The molecule has 2 rings (SSSR count). The zero-order valence-electron chi connectivity index (χ0n) is 15.4. The Labute approximate surface area is 174 Å². The molecule has 2 aliphatic rings. The van der Waals surface area contributed by atoms with Gasteiger partial charge in [-0.15, -0.1) is 24.0 Å². The van der Waals surface area contributed by atoms with Gasteiger partial charge in [-0.25, -0.2) is 12.7 Å². The second kappa shape index (κ2) is 11.2. The summed E-state index contributed by atoms with van der Waals surface area (Å²) in [6, 6.07) is 0. The summed E-state index contributed by atoms with van der Waals surface area (Å²) in [6.07, 6.45) is 6.35. The maximum atomic E-state index is 12.3. The lowest BCUT2D eigenvalue weighted by Gasteiger charge is -2.29. The van der Waals surface area contributed by atoms with E-state index in [0.717, 1.165) is 18.1 Å². The van der Waals surface area contributed by atoms with E-state index in [-0.39, 0.29) is 29.7 Å². The van der Waals surface area contributed by atoms with Crippen molar-refractivity contribution in [3.63, 3.8) is 0 Å². The summed E-state index contributed by atoms with van der Waals surface area (Å²) in [6.45, 7) is 4.84. The topological polar surface area (TPSA) is 73.8 Å². The lowest BCUT2D eigenvalue weighted by atomic mass is 9.83. The van der Waals surface area contributed by atoms with E-state index in [1.54, 1.807) is 11.4 Å². The number of guanidine groups is 1. The van der Waals surface area contributed by atoms with Crippen molar-refractivity contribution in [3.8, 4) is 0 Å². The summed E-state index contributed by atoms with van der Waals surface area (Å²) < 4.78 is 26.3. The molecular formula is C16H33IN4O2S2. The predicted molar refractivity (Wildman–Crippen MR) is 119 cm³/mol. The predicted octanol–water partition coefficient (Wildman–Crippen LogP) is 2.12. The first-order valence-electron chi connectivity index (χ1n) is 9.01. The second-order valence-corrected chi connectivity index (χ2v) is 10.1. The summed E-state index contributed by atoms with van der Waals surface area (Å²) in [4.78, 5) is 4.23. The summed E-state index contributed by atoms with van der Waals surface area (Å²) in [5.74, 6) is 2.63. The number of aliphatic imine (C=N–C) groups is 1. The van der Waals surface area contributed by atoms with Crippen LogP contribution in [-0.4, -0.2) is 69.2 Å². The van der Waals surface area contributed by atoms with Crippen LogP contribution in [0.15, 0.2) is 4.99 Å². The van der Waals surface area contributed by atoms with Crippen molar-refractivity contribution in [1.29, 1.82) is 0 Å². The summed E-state index contributed by atoms with van der Waals surface area (Å²) in [5, 5.41) is 6.55. The smallest absolute Gasteiger partial charge is 0.215 e. The van der Waals surface area contributed by atoms with Gasteiger partial charge in [0.1, 0.15) is 0 Å². The Hall–Kier alpha value is 0.260. The average Bonchev–Trinajstić information content (AvgIpc) is 3.08. The fraction of sp³-hybridized carbons (Fsp3) is 0.938. The third kappa shape index (κ3) is 7.06. The zero-order valence-corrected chi connectivity index (χ0v) is 19.4. The van der Waals surface area contributed by atoms with Crippen molar-refractivity contribution in [3.05, 3.63) is 0 Å². The second-order valence-electron chi connectivity index (χ2n) is 6.74. The van der Waals surface area contributed by atoms with Crippen molar-refractivity contribution >= 4 is 51.7 Å². The van der Waals surface area contributed by atoms with Crippen molar-refractivity contribution in [1.82, 2.24) is 14.9 Å². The van der Waals surface area contributed by atoms with Gasteiger partial charge in [-0.2, -0.15) is 11.8 Å². The third-order valence-electron chi connectivity index (χ3n) is 5.28. The van der Waals surface area contributed by atoms with E-state index < -0.39 is 10.0 Å². The molecule has 0 aromatic carbocycles. The Balaban J connectivity index is 0.00000312. The first-order chi connectivity index (χ1) is 11.5. The van der Waals surface area contributed by atoms with Crippen LogP contribution in [0.5, 0.6) is 0 Å². The molecule has 1 heterocycles. The van der Waals surface area contributed by atoms with Crippen LogP contribution in [0.25, 0.3) is 0 Å². The molecule has 2 N–H and O–H groups in total. The zero-order chi connectivity index (χ0) is 17.5. The van der Waals surface area contributed by atoms with Gasteiger partial charge in [-0.1, -0.05) is 19.8 Å². The van der Waals surface area contributed by atoms with E-state index in [1.165, 1.54) is 32.1 Å². The Kier molecular flexibility index (Phi) is 10.4. The van der Waals surface area contributed by atoms with Crippen molar-refractivity contribution in [2.24, 2.45) is 10.4 Å². The highest BCUT2D eigenvalue weighted by molar-refractivity contribution is 14.0. The van der Waals surface area contributed by atoms with Gasteiger partial charge in [0.25, 0.3) is 0 Å². The largest absolute Gasteiger partial charge is 0.356 e. The Bertz CT molecular complexity index is 516. The van der Waals surface area contributed by atoms with Crippen LogP contribution in [0.3, 0.4) is 0 Å². The molecule has 0 unspecified atom stereocenters. The Morgan fingerprint density at radius 2 is 1.84 bits per heavy atom. The number of nitrogens with zero attached hydrogens (tertiary/aromatic N) is 2. The monoisotopic (exact) mass is 504 g/mol. The Morgan fingerprint density at radius 3 is 2.40 bits per heavy atom. The number of hydrogen-bond donors (Lipinski definition) is 2. The molecule has 0 radical (unpaired) electrons. The van der Waals surface area contributed by atoms with Crippen LogP contribution in [0.1, 0.15) is 39.0 Å². The van der Waals surface area contributed by atoms with E-state index in [2.05, 4.69) is 22.5 Å². The molecule has 148 valence electrons. The van der Waals surface area contributed by atoms with E-state index in [4.69, 9.17) is 0 Å². The number of nitrogens with one attached hydrogen (secondary N) is 2. The quantitative estimate of drug-likeness (QED) is 0.316. The highest BCUT2D eigenvalue weighted by atomic mass is 127. The molecule has 0 aromatic rings. The molecule has 1 aliphatic carbocycles. The van der Waals surface area contributed by atoms with Gasteiger partial charge in [0.15, 0.2) is 5.96 Å². The first kappa shape index (κ1) is 23.3. The van der Waals surface area contributed by atoms with E-state index in [9.17, 15) is 8.42 Å². The van der Waals surface area contributed by atoms with E-state index in [1.807, 2.05) is 11.8 Å². The average molecular weight is 505 g/mol. The minimum atomic E-state index is -3.16. The maximum absolute atomic E-state index is 12.3. The molecule has 1 saturated carbocycles. The van der Waals surface area contributed by atoms with Gasteiger partial charge in [-0.3, -0.25) is 4.99 Å². The van der Waals surface area contributed by atoms with Crippen molar-refractivity contribution in [2.45, 2.75) is 39.0 Å². The van der Waals surface area contributed by atoms with Crippen LogP contribution < -0.4 is 10.6 Å². The van der Waals surface area contributed by atoms with Crippen molar-refractivity contribution in [2.75, 3.05) is 50.5 Å². The van der Waals surface area contributed by atoms with Gasteiger partial charge in [0.2, 0.25) is 10.0 Å². The van der Waals surface area contributed by atoms with Crippen LogP contribution in [0.4, 0.5) is 0 Å². The minimum Gasteiger partial charge on any atom is -0.356 e. The molecule has 6 nitrogen and oxygen atoms in total. The summed E-state index contributed by atoms with van der Waals surface area (Å²) in [7, 11) is -1.42. The molecule has 2 fully saturated rings. The lowest BCUT2D eigenvalue weighted by Crippen LogP contribution is -2.46. The number of thioether (sulfide) groups is 1. The minimum absolute atomic E-state index is 0. The van der Waals surface area contributed by atoms with Crippen LogP contribution >= 0.6 is 35.7 Å². The van der Waals surface area contributed by atoms with Gasteiger partial charge < -0.3 is 10.6 Å². The highest BCUT2D eigenvalue weighted by Gasteiger charge is 2.32. The fourth-order valence-electron chi connectivity index (χ4n) is 3.52. The summed E-state index contributed by atoms with van der Waals surface area (Å²) in [5.41, 5.74) is 0.384. The lowest BCUT2D eigenvalue weighted by molar-refractivity contribution is 0.283. The SMILES string of the molecule is CCC1(CNC(=NC)NCCS(=O)(=O)N2CCSCC2)CCCC1.I. The molecule has 0 atom stereocenters. The van der Waals surface area contributed by atoms with Gasteiger partial charge >= 0.3 is 0 Å². The fourth-order valence-corrected chi connectivity index (χ4v) is 6.02. The van der Waals surface area contributed by atoms with E-state index >= 15 is 0 Å². The number of halogens is 1. The highest BCUT2D eigenvalue weighted by Crippen LogP contribution is 2.40. The van der Waals surface area contributed by atoms with Crippen LogP contribution in [0, 0.1) is 5.41 Å². The molecule has 0 spiro atoms. The molecule has 25 heavy (non-hydrogen) atoms. The van der Waals surface area contributed by atoms with Gasteiger partial charge in [0, 0.05) is 44.7 Å². The maximum Gasteiger partial charge on any atom is 0.215 e. The molecule has 1 aliphatic heterocycles. The molecule has 1 saturated heterocycles. The molecule has 0 aromatic heterocycles. The normalized spacial score (nSPS) is 21.6. The molecule has 0 bridgehead atoms.